The minimum Gasteiger partial charge on any atom is -0.310 e. The molecule has 112 valence electrons. The van der Waals surface area contributed by atoms with Crippen molar-refractivity contribution in [2.45, 2.75) is 26.3 Å². The molecule has 21 heavy (non-hydrogen) atoms. The van der Waals surface area contributed by atoms with Gasteiger partial charge in [0.25, 0.3) is 0 Å². The molecule has 1 N–H and O–H groups in total. The first-order valence-electron chi connectivity index (χ1n) is 7.01. The Kier molecular flexibility index (Phi) is 5.02. The summed E-state index contributed by atoms with van der Waals surface area (Å²) in [4.78, 5) is 0. The first-order valence-corrected chi connectivity index (χ1v) is 7.01. The average Bonchev–Trinajstić information content (AvgIpc) is 2.45. The fourth-order valence-corrected chi connectivity index (χ4v) is 2.35. The molecular formula is C17H18F3N. The summed E-state index contributed by atoms with van der Waals surface area (Å²) in [5, 5.41) is 3.25. The molecular weight excluding hydrogens is 275 g/mol. The number of benzene rings is 2. The molecule has 4 heteroatoms. The molecule has 2 aromatic rings. The predicted octanol–water partition coefficient (Wildman–Crippen LogP) is 4.83. The molecule has 0 saturated heterocycles. The van der Waals surface area contributed by atoms with Gasteiger partial charge in [0.15, 0.2) is 0 Å². The number of rotatable bonds is 5. The van der Waals surface area contributed by atoms with Gasteiger partial charge in [-0.05, 0) is 55.3 Å². The Labute approximate surface area is 122 Å². The highest BCUT2D eigenvalue weighted by Crippen LogP contribution is 2.32. The second-order valence-electron chi connectivity index (χ2n) is 5.00. The van der Waals surface area contributed by atoms with Crippen molar-refractivity contribution in [1.82, 2.24) is 5.32 Å². The molecule has 1 atom stereocenters. The standard InChI is InChI=1S/C17H18F3N/c1-3-9-21-11(2)13-8-7-12(18)10-14(13)17-15(19)5-4-6-16(17)20/h4-8,10-11,21H,3,9H2,1-2H3. The van der Waals surface area contributed by atoms with Crippen molar-refractivity contribution in [2.24, 2.45) is 0 Å². The summed E-state index contributed by atoms with van der Waals surface area (Å²) in [5.74, 6) is -1.90. The molecule has 0 aliphatic rings. The minimum absolute atomic E-state index is 0.125. The molecule has 0 bridgehead atoms. The maximum Gasteiger partial charge on any atom is 0.133 e. The Hall–Kier alpha value is -1.81. The summed E-state index contributed by atoms with van der Waals surface area (Å²) >= 11 is 0. The molecule has 1 nitrogen and oxygen atoms in total. The van der Waals surface area contributed by atoms with Crippen molar-refractivity contribution in [1.29, 1.82) is 0 Å². The smallest absolute Gasteiger partial charge is 0.133 e. The van der Waals surface area contributed by atoms with Gasteiger partial charge in [-0.3, -0.25) is 0 Å². The lowest BCUT2D eigenvalue weighted by Gasteiger charge is -2.19. The van der Waals surface area contributed by atoms with E-state index in [9.17, 15) is 13.2 Å². The van der Waals surface area contributed by atoms with E-state index in [1.807, 2.05) is 13.8 Å². The number of hydrogen-bond donors (Lipinski definition) is 1. The monoisotopic (exact) mass is 293 g/mol. The highest BCUT2D eigenvalue weighted by Gasteiger charge is 2.18. The highest BCUT2D eigenvalue weighted by atomic mass is 19.1. The lowest BCUT2D eigenvalue weighted by molar-refractivity contribution is 0.564. The zero-order valence-corrected chi connectivity index (χ0v) is 12.1. The van der Waals surface area contributed by atoms with Crippen LogP contribution in [0.1, 0.15) is 31.9 Å². The molecule has 0 spiro atoms. The fraction of sp³-hybridized carbons (Fsp3) is 0.294. The maximum atomic E-state index is 14.0. The Balaban J connectivity index is 2.54. The maximum absolute atomic E-state index is 14.0. The van der Waals surface area contributed by atoms with Crippen LogP contribution in [0.5, 0.6) is 0 Å². The molecule has 0 fully saturated rings. The van der Waals surface area contributed by atoms with Crippen molar-refractivity contribution in [3.05, 3.63) is 59.4 Å². The third kappa shape index (κ3) is 3.45. The third-order valence-electron chi connectivity index (χ3n) is 3.41. The summed E-state index contributed by atoms with van der Waals surface area (Å²) < 4.78 is 41.5. The van der Waals surface area contributed by atoms with E-state index in [2.05, 4.69) is 5.32 Å². The SMILES string of the molecule is CCCNC(C)c1ccc(F)cc1-c1c(F)cccc1F. The van der Waals surface area contributed by atoms with E-state index in [1.165, 1.54) is 30.3 Å². The summed E-state index contributed by atoms with van der Waals surface area (Å²) in [6, 6.07) is 7.59. The summed E-state index contributed by atoms with van der Waals surface area (Å²) in [5.41, 5.74) is 0.743. The Morgan fingerprint density at radius 2 is 1.71 bits per heavy atom. The Morgan fingerprint density at radius 3 is 2.33 bits per heavy atom. The molecule has 2 aromatic carbocycles. The number of nitrogens with one attached hydrogen (secondary N) is 1. The molecule has 0 heterocycles. The lowest BCUT2D eigenvalue weighted by Crippen LogP contribution is -2.20. The normalized spacial score (nSPS) is 12.4. The van der Waals surface area contributed by atoms with E-state index in [1.54, 1.807) is 6.07 Å². The lowest BCUT2D eigenvalue weighted by atomic mass is 9.94. The van der Waals surface area contributed by atoms with Gasteiger partial charge in [-0.2, -0.15) is 0 Å². The average molecular weight is 293 g/mol. The van der Waals surface area contributed by atoms with Gasteiger partial charge >= 0.3 is 0 Å². The van der Waals surface area contributed by atoms with Gasteiger partial charge in [0.1, 0.15) is 17.5 Å². The van der Waals surface area contributed by atoms with Crippen LogP contribution in [0, 0.1) is 17.5 Å². The van der Waals surface area contributed by atoms with Gasteiger partial charge in [-0.15, -0.1) is 0 Å². The van der Waals surface area contributed by atoms with Crippen LogP contribution in [0.2, 0.25) is 0 Å². The van der Waals surface area contributed by atoms with Crippen LogP contribution in [-0.2, 0) is 0 Å². The quantitative estimate of drug-likeness (QED) is 0.832. The zero-order chi connectivity index (χ0) is 15.4. The second kappa shape index (κ2) is 6.76. The van der Waals surface area contributed by atoms with Crippen LogP contribution >= 0.6 is 0 Å². The number of halogens is 3. The van der Waals surface area contributed by atoms with Crippen LogP contribution in [0.25, 0.3) is 11.1 Å². The van der Waals surface area contributed by atoms with Gasteiger partial charge in [0.2, 0.25) is 0 Å². The topological polar surface area (TPSA) is 12.0 Å². The molecule has 2 rings (SSSR count). The predicted molar refractivity (Wildman–Crippen MR) is 78.5 cm³/mol. The molecule has 1 unspecified atom stereocenters. The summed E-state index contributed by atoms with van der Waals surface area (Å²) in [6.07, 6.45) is 0.939. The van der Waals surface area contributed by atoms with E-state index in [4.69, 9.17) is 0 Å². The first-order chi connectivity index (χ1) is 10.0. The van der Waals surface area contributed by atoms with Crippen LogP contribution < -0.4 is 5.32 Å². The van der Waals surface area contributed by atoms with Crippen molar-refractivity contribution in [3.8, 4) is 11.1 Å². The van der Waals surface area contributed by atoms with E-state index in [-0.39, 0.29) is 17.2 Å². The van der Waals surface area contributed by atoms with Gasteiger partial charge < -0.3 is 5.32 Å². The van der Waals surface area contributed by atoms with Gasteiger partial charge in [0.05, 0.1) is 5.56 Å². The highest BCUT2D eigenvalue weighted by molar-refractivity contribution is 5.69. The molecule has 0 radical (unpaired) electrons. The Morgan fingerprint density at radius 1 is 1.05 bits per heavy atom. The van der Waals surface area contributed by atoms with Gasteiger partial charge in [0, 0.05) is 6.04 Å². The zero-order valence-electron chi connectivity index (χ0n) is 12.1. The molecule has 0 aliphatic heterocycles. The first kappa shape index (κ1) is 15.6. The second-order valence-corrected chi connectivity index (χ2v) is 5.00. The van der Waals surface area contributed by atoms with Crippen LogP contribution in [0.4, 0.5) is 13.2 Å². The third-order valence-corrected chi connectivity index (χ3v) is 3.41. The van der Waals surface area contributed by atoms with E-state index < -0.39 is 17.5 Å². The summed E-state index contributed by atoms with van der Waals surface area (Å²) in [7, 11) is 0. The molecule has 0 aromatic heterocycles. The molecule has 0 amide bonds. The molecule has 0 saturated carbocycles. The van der Waals surface area contributed by atoms with Gasteiger partial charge in [-0.1, -0.05) is 19.1 Å². The largest absolute Gasteiger partial charge is 0.310 e. The van der Waals surface area contributed by atoms with Crippen molar-refractivity contribution < 1.29 is 13.2 Å². The van der Waals surface area contributed by atoms with E-state index in [0.29, 0.717) is 5.56 Å². The van der Waals surface area contributed by atoms with Crippen molar-refractivity contribution in [2.75, 3.05) is 6.54 Å². The van der Waals surface area contributed by atoms with Crippen LogP contribution in [0.3, 0.4) is 0 Å². The van der Waals surface area contributed by atoms with E-state index in [0.717, 1.165) is 13.0 Å². The van der Waals surface area contributed by atoms with Crippen molar-refractivity contribution in [3.63, 3.8) is 0 Å². The van der Waals surface area contributed by atoms with Crippen LogP contribution in [0.15, 0.2) is 36.4 Å². The van der Waals surface area contributed by atoms with Crippen molar-refractivity contribution >= 4 is 0 Å². The van der Waals surface area contributed by atoms with E-state index >= 15 is 0 Å². The molecule has 0 aliphatic carbocycles. The van der Waals surface area contributed by atoms with Crippen LogP contribution in [-0.4, -0.2) is 6.54 Å². The number of hydrogen-bond acceptors (Lipinski definition) is 1. The fourth-order valence-electron chi connectivity index (χ4n) is 2.35. The Bertz CT molecular complexity index is 605. The summed E-state index contributed by atoms with van der Waals surface area (Å²) in [6.45, 7) is 4.70. The minimum atomic E-state index is -0.690. The van der Waals surface area contributed by atoms with Gasteiger partial charge in [-0.25, -0.2) is 13.2 Å².